The summed E-state index contributed by atoms with van der Waals surface area (Å²) in [4.78, 5) is 0. The molecule has 0 heterocycles. The van der Waals surface area contributed by atoms with Crippen LogP contribution in [0.2, 0.25) is 18.1 Å². The molecule has 4 nitrogen and oxygen atoms in total. The molecule has 0 spiro atoms. The fourth-order valence-corrected chi connectivity index (χ4v) is 13.0. The van der Waals surface area contributed by atoms with E-state index in [0.717, 1.165) is 24.6 Å². The Morgan fingerprint density at radius 3 is 1.80 bits per heavy atom. The zero-order valence-electron chi connectivity index (χ0n) is 10.2. The second-order valence-electron chi connectivity index (χ2n) is 3.74. The Balaban J connectivity index is 4.37. The van der Waals surface area contributed by atoms with Crippen molar-refractivity contribution in [1.29, 1.82) is 0 Å². The van der Waals surface area contributed by atoms with E-state index in [1.54, 1.807) is 0 Å². The molecule has 0 saturated heterocycles. The van der Waals surface area contributed by atoms with Crippen LogP contribution in [0.1, 0.15) is 34.1 Å². The van der Waals surface area contributed by atoms with Gasteiger partial charge in [0.25, 0.3) is 0 Å². The molecule has 0 amide bonds. The Bertz CT molecular complexity index is 165. The second kappa shape index (κ2) is 7.30. The van der Waals surface area contributed by atoms with Crippen LogP contribution in [-0.4, -0.2) is 21.3 Å². The van der Waals surface area contributed by atoms with Crippen molar-refractivity contribution in [3.63, 3.8) is 0 Å². The van der Waals surface area contributed by atoms with Gasteiger partial charge in [-0.2, -0.15) is 0 Å². The third kappa shape index (κ3) is 5.71. The molecule has 15 heavy (non-hydrogen) atoms. The number of hydrogen-bond donors (Lipinski definition) is 2. The molecule has 0 aliphatic heterocycles. The molecule has 0 unspecified atom stereocenters. The van der Waals surface area contributed by atoms with Crippen LogP contribution in [0.3, 0.4) is 0 Å². The fourth-order valence-electron chi connectivity index (χ4n) is 1.51. The molecule has 0 rings (SSSR count). The van der Waals surface area contributed by atoms with Crippen LogP contribution in [0.5, 0.6) is 0 Å². The van der Waals surface area contributed by atoms with Gasteiger partial charge in [0.05, 0.1) is 0 Å². The van der Waals surface area contributed by atoms with Gasteiger partial charge in [-0.3, -0.25) is 0 Å². The molecule has 0 aliphatic carbocycles. The Morgan fingerprint density at radius 2 is 1.47 bits per heavy atom. The van der Waals surface area contributed by atoms with E-state index >= 15 is 0 Å². The van der Waals surface area contributed by atoms with Crippen molar-refractivity contribution in [2.75, 3.05) is 6.61 Å². The molecule has 2 N–H and O–H groups in total. The molecule has 0 aromatic carbocycles. The van der Waals surface area contributed by atoms with E-state index in [0.29, 0.717) is 6.61 Å². The van der Waals surface area contributed by atoms with Crippen LogP contribution < -0.4 is 0 Å². The molecular formula is C9H24O4SiZr. The van der Waals surface area contributed by atoms with Crippen LogP contribution >= 0.6 is 0 Å². The molecule has 0 radical (unpaired) electrons. The van der Waals surface area contributed by atoms with Gasteiger partial charge in [0.15, 0.2) is 0 Å². The predicted octanol–water partition coefficient (Wildman–Crippen LogP) is 2.23. The molecule has 6 heteroatoms. The normalized spacial score (nSPS) is 13.2. The minimum absolute atomic E-state index is 0.380. The summed E-state index contributed by atoms with van der Waals surface area (Å²) in [5, 5.41) is 0. The summed E-state index contributed by atoms with van der Waals surface area (Å²) in [6.45, 7) is 8.49. The van der Waals surface area contributed by atoms with Crippen LogP contribution in [0.4, 0.5) is 0 Å². The zero-order chi connectivity index (χ0) is 11.9. The Morgan fingerprint density at radius 1 is 1.00 bits per heavy atom. The molecule has 92 valence electrons. The van der Waals surface area contributed by atoms with Crippen molar-refractivity contribution in [3.05, 3.63) is 0 Å². The van der Waals surface area contributed by atoms with E-state index in [1.807, 2.05) is 6.92 Å². The summed E-state index contributed by atoms with van der Waals surface area (Å²) < 4.78 is 30.1. The van der Waals surface area contributed by atoms with Gasteiger partial charge in [-0.15, -0.1) is 0 Å². The van der Waals surface area contributed by atoms with E-state index in [-0.39, 0.29) is 0 Å². The first-order valence-corrected chi connectivity index (χ1v) is 12.5. The van der Waals surface area contributed by atoms with Crippen molar-refractivity contribution in [2.24, 2.45) is 0 Å². The first-order chi connectivity index (χ1) is 6.95. The van der Waals surface area contributed by atoms with Gasteiger partial charge in [0.1, 0.15) is 0 Å². The summed E-state index contributed by atoms with van der Waals surface area (Å²) in [5.41, 5.74) is 0. The van der Waals surface area contributed by atoms with Crippen LogP contribution in [0.25, 0.3) is 0 Å². The standard InChI is InChI=1S/C6H15OSi.C3H7O.2H2O.Zr/c1-4-8(7,5-2)6-3;1-2-3-4;;;/h4-6H2,1-3H3;2-3H2,1H3;2*1H2;/q2*-1;;;+4/p-2. The Hall–Kier alpha value is 0.940. The van der Waals surface area contributed by atoms with E-state index in [4.69, 9.17) is 5.32 Å². The topological polar surface area (TPSA) is 58.9 Å². The monoisotopic (exact) mass is 314 g/mol. The molecule has 0 fully saturated rings. The van der Waals surface area contributed by atoms with Gasteiger partial charge < -0.3 is 0 Å². The van der Waals surface area contributed by atoms with Gasteiger partial charge in [-0.1, -0.05) is 0 Å². The van der Waals surface area contributed by atoms with Crippen molar-refractivity contribution < 1.29 is 33.7 Å². The summed E-state index contributed by atoms with van der Waals surface area (Å²) >= 11 is -4.61. The first-order valence-electron chi connectivity index (χ1n) is 5.74. The van der Waals surface area contributed by atoms with Crippen LogP contribution in [0, 0.1) is 0 Å². The van der Waals surface area contributed by atoms with Crippen LogP contribution in [0.15, 0.2) is 0 Å². The number of hydrogen-bond acceptors (Lipinski definition) is 4. The third-order valence-electron chi connectivity index (χ3n) is 2.78. The van der Waals surface area contributed by atoms with E-state index in [2.05, 4.69) is 20.8 Å². The molecule has 0 atom stereocenters. The van der Waals surface area contributed by atoms with Crippen molar-refractivity contribution in [2.45, 2.75) is 52.2 Å². The molecule has 0 aromatic rings. The minimum atomic E-state index is -4.61. The van der Waals surface area contributed by atoms with E-state index in [9.17, 15) is 6.37 Å². The Labute approximate surface area is 101 Å². The quantitative estimate of drug-likeness (QED) is 0.674. The molecular weight excluding hydrogens is 291 g/mol. The first kappa shape index (κ1) is 15.9. The third-order valence-corrected chi connectivity index (χ3v) is 13.9. The fraction of sp³-hybridized carbons (Fsp3) is 1.00. The second-order valence-corrected chi connectivity index (χ2v) is 13.3. The Kier molecular flexibility index (Phi) is 7.76. The van der Waals surface area contributed by atoms with Gasteiger partial charge in [-0.05, 0) is 0 Å². The molecule has 0 aromatic heterocycles. The molecule has 0 bridgehead atoms. The number of rotatable bonds is 8. The van der Waals surface area contributed by atoms with Crippen molar-refractivity contribution in [1.82, 2.24) is 0 Å². The summed E-state index contributed by atoms with van der Waals surface area (Å²) in [6.07, 6.45) is 0.780. The molecule has 0 aliphatic rings. The van der Waals surface area contributed by atoms with E-state index in [1.165, 1.54) is 0 Å². The van der Waals surface area contributed by atoms with Gasteiger partial charge >= 0.3 is 101 Å². The summed E-state index contributed by atoms with van der Waals surface area (Å²) in [6, 6.07) is 2.74. The average Bonchev–Trinajstić information content (AvgIpc) is 2.23. The van der Waals surface area contributed by atoms with Gasteiger partial charge in [0, 0.05) is 0 Å². The average molecular weight is 316 g/mol. The van der Waals surface area contributed by atoms with Crippen LogP contribution in [-0.2, 0) is 27.3 Å². The summed E-state index contributed by atoms with van der Waals surface area (Å²) in [5.74, 6) is 0. The van der Waals surface area contributed by atoms with Crippen molar-refractivity contribution >= 4 is 8.32 Å². The molecule has 0 saturated carbocycles. The summed E-state index contributed by atoms with van der Waals surface area (Å²) in [7, 11) is -1.93. The van der Waals surface area contributed by atoms with Crippen molar-refractivity contribution in [3.8, 4) is 0 Å². The van der Waals surface area contributed by atoms with Gasteiger partial charge in [0.2, 0.25) is 0 Å². The zero-order valence-corrected chi connectivity index (χ0v) is 13.7. The van der Waals surface area contributed by atoms with E-state index < -0.39 is 30.3 Å². The predicted molar refractivity (Wildman–Crippen MR) is 59.0 cm³/mol. The maximum atomic E-state index is 9.73. The maximum absolute atomic E-state index is 9.73. The van der Waals surface area contributed by atoms with Gasteiger partial charge in [-0.25, -0.2) is 0 Å². The SMILES string of the molecule is CCC[O][Zr]([OH])([OH])[O][Si](CC)(CC)CC.